The van der Waals surface area contributed by atoms with Gasteiger partial charge in [0.05, 0.1) is 6.61 Å². The van der Waals surface area contributed by atoms with Crippen molar-refractivity contribution in [2.75, 3.05) is 12.3 Å². The van der Waals surface area contributed by atoms with E-state index < -0.39 is 0 Å². The third kappa shape index (κ3) is 3.20. The zero-order valence-corrected chi connectivity index (χ0v) is 12.5. The summed E-state index contributed by atoms with van der Waals surface area (Å²) in [5.41, 5.74) is 7.65. The summed E-state index contributed by atoms with van der Waals surface area (Å²) in [5.74, 6) is 2.00. The highest BCUT2D eigenvalue weighted by Gasteiger charge is 2.08. The molecule has 2 aromatic rings. The third-order valence-electron chi connectivity index (χ3n) is 2.68. The van der Waals surface area contributed by atoms with Crippen LogP contribution < -0.4 is 15.2 Å². The average Bonchev–Trinajstić information content (AvgIpc) is 2.39. The number of nitrogen functional groups attached to an aromatic ring is 1. The Morgan fingerprint density at radius 2 is 1.89 bits per heavy atom. The highest BCUT2D eigenvalue weighted by atomic mass is 79.9. The van der Waals surface area contributed by atoms with Gasteiger partial charge in [-0.05, 0) is 49.7 Å². The number of rotatable bonds is 4. The molecule has 0 unspecified atom stereocenters. The van der Waals surface area contributed by atoms with E-state index in [2.05, 4.69) is 15.9 Å². The van der Waals surface area contributed by atoms with E-state index in [1.54, 1.807) is 0 Å². The van der Waals surface area contributed by atoms with Crippen LogP contribution in [0.3, 0.4) is 0 Å². The smallest absolute Gasteiger partial charge is 0.154 e. The van der Waals surface area contributed by atoms with Crippen molar-refractivity contribution >= 4 is 21.6 Å². The molecule has 2 rings (SSSR count). The van der Waals surface area contributed by atoms with E-state index in [4.69, 9.17) is 15.2 Å². The van der Waals surface area contributed by atoms with Crippen LogP contribution in [-0.2, 0) is 0 Å². The number of halogens is 1. The fourth-order valence-electron chi connectivity index (χ4n) is 1.70. The maximum absolute atomic E-state index is 6.03. The van der Waals surface area contributed by atoms with Gasteiger partial charge in [-0.15, -0.1) is 0 Å². The van der Waals surface area contributed by atoms with E-state index in [1.807, 2.05) is 50.2 Å². The molecule has 0 aliphatic rings. The van der Waals surface area contributed by atoms with Crippen molar-refractivity contribution in [3.63, 3.8) is 0 Å². The summed E-state index contributed by atoms with van der Waals surface area (Å²) >= 11 is 3.46. The molecular weight excluding hydrogens is 306 g/mol. The van der Waals surface area contributed by atoms with E-state index in [9.17, 15) is 0 Å². The van der Waals surface area contributed by atoms with Gasteiger partial charge in [0.2, 0.25) is 0 Å². The minimum atomic E-state index is 0.518. The van der Waals surface area contributed by atoms with Crippen molar-refractivity contribution < 1.29 is 9.47 Å². The van der Waals surface area contributed by atoms with Gasteiger partial charge in [-0.3, -0.25) is 0 Å². The van der Waals surface area contributed by atoms with E-state index in [0.29, 0.717) is 23.8 Å². The highest BCUT2D eigenvalue weighted by Crippen LogP contribution is 2.35. The van der Waals surface area contributed by atoms with Crippen LogP contribution in [0.1, 0.15) is 12.5 Å². The number of benzene rings is 2. The quantitative estimate of drug-likeness (QED) is 0.841. The molecule has 0 amide bonds. The molecule has 3 nitrogen and oxygen atoms in total. The van der Waals surface area contributed by atoms with Gasteiger partial charge >= 0.3 is 0 Å². The summed E-state index contributed by atoms with van der Waals surface area (Å²) in [7, 11) is 0. The van der Waals surface area contributed by atoms with Crippen LogP contribution in [0.15, 0.2) is 40.9 Å². The van der Waals surface area contributed by atoms with Gasteiger partial charge < -0.3 is 15.2 Å². The lowest BCUT2D eigenvalue weighted by Gasteiger charge is -2.12. The Morgan fingerprint density at radius 1 is 1.16 bits per heavy atom. The number of anilines is 1. The summed E-state index contributed by atoms with van der Waals surface area (Å²) in [4.78, 5) is 0. The molecule has 0 aliphatic heterocycles. The molecule has 19 heavy (non-hydrogen) atoms. The summed E-state index contributed by atoms with van der Waals surface area (Å²) in [6.45, 7) is 4.51. The number of para-hydroxylation sites is 1. The van der Waals surface area contributed by atoms with Crippen LogP contribution in [0.5, 0.6) is 17.2 Å². The van der Waals surface area contributed by atoms with Gasteiger partial charge in [-0.1, -0.05) is 22.0 Å². The molecule has 0 saturated carbocycles. The summed E-state index contributed by atoms with van der Waals surface area (Å²) in [6, 6.07) is 11.3. The van der Waals surface area contributed by atoms with E-state index in [0.717, 1.165) is 15.8 Å². The standard InChI is InChI=1S/C15H16BrNO2/c1-3-18-13-5-4-6-14(15(13)17)19-11-7-8-12(16)10(2)9-11/h4-9H,3,17H2,1-2H3. The Hall–Kier alpha value is -1.68. The Kier molecular flexibility index (Phi) is 4.32. The Bertz CT molecular complexity index is 584. The van der Waals surface area contributed by atoms with Crippen molar-refractivity contribution in [2.24, 2.45) is 0 Å². The van der Waals surface area contributed by atoms with Gasteiger partial charge in [0, 0.05) is 4.47 Å². The first kappa shape index (κ1) is 13.7. The van der Waals surface area contributed by atoms with Gasteiger partial charge in [-0.25, -0.2) is 0 Å². The lowest BCUT2D eigenvalue weighted by atomic mass is 10.2. The number of nitrogens with two attached hydrogens (primary N) is 1. The van der Waals surface area contributed by atoms with Crippen molar-refractivity contribution in [3.05, 3.63) is 46.4 Å². The van der Waals surface area contributed by atoms with Crippen LogP contribution in [-0.4, -0.2) is 6.61 Å². The maximum atomic E-state index is 6.03. The highest BCUT2D eigenvalue weighted by molar-refractivity contribution is 9.10. The van der Waals surface area contributed by atoms with Crippen LogP contribution >= 0.6 is 15.9 Å². The summed E-state index contributed by atoms with van der Waals surface area (Å²) in [5, 5.41) is 0. The van der Waals surface area contributed by atoms with Crippen LogP contribution in [0.25, 0.3) is 0 Å². The molecule has 2 aromatic carbocycles. The molecule has 0 bridgehead atoms. The van der Waals surface area contributed by atoms with Crippen molar-refractivity contribution in [1.29, 1.82) is 0 Å². The first-order valence-corrected chi connectivity index (χ1v) is 6.86. The summed E-state index contributed by atoms with van der Waals surface area (Å²) < 4.78 is 12.3. The predicted molar refractivity (Wildman–Crippen MR) is 81.0 cm³/mol. The maximum Gasteiger partial charge on any atom is 0.154 e. The van der Waals surface area contributed by atoms with Crippen molar-refractivity contribution in [3.8, 4) is 17.2 Å². The van der Waals surface area contributed by atoms with E-state index >= 15 is 0 Å². The zero-order chi connectivity index (χ0) is 13.8. The van der Waals surface area contributed by atoms with Gasteiger partial charge in [-0.2, -0.15) is 0 Å². The Balaban J connectivity index is 2.27. The molecule has 0 aliphatic carbocycles. The number of aryl methyl sites for hydroxylation is 1. The van der Waals surface area contributed by atoms with E-state index in [-0.39, 0.29) is 0 Å². The molecule has 0 radical (unpaired) electrons. The molecule has 0 heterocycles. The normalized spacial score (nSPS) is 10.3. The molecule has 0 saturated heterocycles. The molecule has 0 aromatic heterocycles. The number of ether oxygens (including phenoxy) is 2. The minimum Gasteiger partial charge on any atom is -0.492 e. The van der Waals surface area contributed by atoms with Crippen LogP contribution in [0.2, 0.25) is 0 Å². The van der Waals surface area contributed by atoms with Gasteiger partial charge in [0.1, 0.15) is 17.2 Å². The van der Waals surface area contributed by atoms with Gasteiger partial charge in [0.15, 0.2) is 5.75 Å². The summed E-state index contributed by atoms with van der Waals surface area (Å²) in [6.07, 6.45) is 0. The fraction of sp³-hybridized carbons (Fsp3) is 0.200. The molecule has 0 atom stereocenters. The topological polar surface area (TPSA) is 44.5 Å². The first-order valence-electron chi connectivity index (χ1n) is 6.07. The predicted octanol–water partition coefficient (Wildman–Crippen LogP) is 4.53. The Labute approximate surface area is 121 Å². The number of hydrogen-bond acceptors (Lipinski definition) is 3. The van der Waals surface area contributed by atoms with Gasteiger partial charge in [0.25, 0.3) is 0 Å². The van der Waals surface area contributed by atoms with Crippen LogP contribution in [0, 0.1) is 6.92 Å². The lowest BCUT2D eigenvalue weighted by Crippen LogP contribution is -1.99. The molecule has 0 spiro atoms. The Morgan fingerprint density at radius 3 is 2.58 bits per heavy atom. The molecule has 0 fully saturated rings. The van der Waals surface area contributed by atoms with Crippen molar-refractivity contribution in [2.45, 2.75) is 13.8 Å². The second-order valence-corrected chi connectivity index (χ2v) is 4.97. The number of hydrogen-bond donors (Lipinski definition) is 1. The van der Waals surface area contributed by atoms with Crippen LogP contribution in [0.4, 0.5) is 5.69 Å². The minimum absolute atomic E-state index is 0.518. The monoisotopic (exact) mass is 321 g/mol. The molecular formula is C15H16BrNO2. The second kappa shape index (κ2) is 5.97. The zero-order valence-electron chi connectivity index (χ0n) is 10.9. The average molecular weight is 322 g/mol. The van der Waals surface area contributed by atoms with E-state index in [1.165, 1.54) is 0 Å². The largest absolute Gasteiger partial charge is 0.492 e. The first-order chi connectivity index (χ1) is 9.11. The lowest BCUT2D eigenvalue weighted by molar-refractivity contribution is 0.340. The SMILES string of the molecule is CCOc1cccc(Oc2ccc(Br)c(C)c2)c1N. The fourth-order valence-corrected chi connectivity index (χ4v) is 1.95. The third-order valence-corrected chi connectivity index (χ3v) is 3.57. The van der Waals surface area contributed by atoms with Crippen molar-refractivity contribution in [1.82, 2.24) is 0 Å². The molecule has 4 heteroatoms. The molecule has 2 N–H and O–H groups in total. The molecule has 100 valence electrons. The second-order valence-electron chi connectivity index (χ2n) is 4.11.